The van der Waals surface area contributed by atoms with Crippen LogP contribution in [0.2, 0.25) is 0 Å². The SMILES string of the molecule is COC(=O)NN1C(C)=C(C(=O)OC)C(C#N)(c2ccccc2)C1(C)O. The van der Waals surface area contributed by atoms with E-state index in [1.807, 2.05) is 0 Å². The van der Waals surface area contributed by atoms with Crippen molar-refractivity contribution in [2.24, 2.45) is 0 Å². The molecule has 2 unspecified atom stereocenters. The zero-order valence-electron chi connectivity index (χ0n) is 14.4. The normalized spacial score (nSPS) is 25.4. The number of amides is 1. The van der Waals surface area contributed by atoms with Crippen LogP contribution in [-0.4, -0.2) is 42.1 Å². The Balaban J connectivity index is 2.78. The molecule has 1 aliphatic rings. The van der Waals surface area contributed by atoms with Gasteiger partial charge in [0, 0.05) is 5.70 Å². The number of hydrazine groups is 1. The summed E-state index contributed by atoms with van der Waals surface area (Å²) in [5, 5.41) is 22.3. The Labute approximate surface area is 145 Å². The van der Waals surface area contributed by atoms with E-state index in [2.05, 4.69) is 16.2 Å². The van der Waals surface area contributed by atoms with E-state index >= 15 is 0 Å². The van der Waals surface area contributed by atoms with Crippen LogP contribution < -0.4 is 5.43 Å². The number of nitriles is 1. The number of nitrogens with zero attached hydrogens (tertiary/aromatic N) is 2. The summed E-state index contributed by atoms with van der Waals surface area (Å²) in [6.45, 7) is 2.83. The first kappa shape index (κ1) is 18.3. The van der Waals surface area contributed by atoms with Gasteiger partial charge in [0.25, 0.3) is 0 Å². The van der Waals surface area contributed by atoms with Crippen molar-refractivity contribution in [1.82, 2.24) is 10.4 Å². The first-order valence-corrected chi connectivity index (χ1v) is 7.41. The van der Waals surface area contributed by atoms with Gasteiger partial charge in [-0.2, -0.15) is 5.26 Å². The van der Waals surface area contributed by atoms with Gasteiger partial charge in [0.2, 0.25) is 0 Å². The highest BCUT2D eigenvalue weighted by Gasteiger charge is 2.64. The molecule has 0 spiro atoms. The number of benzene rings is 1. The first-order valence-electron chi connectivity index (χ1n) is 7.41. The second-order valence-electron chi connectivity index (χ2n) is 5.64. The number of ether oxygens (including phenoxy) is 2. The minimum absolute atomic E-state index is 0.0647. The number of hydrogen-bond acceptors (Lipinski definition) is 7. The van der Waals surface area contributed by atoms with Crippen LogP contribution in [0.15, 0.2) is 41.6 Å². The van der Waals surface area contributed by atoms with Crippen LogP contribution in [0.1, 0.15) is 19.4 Å². The highest BCUT2D eigenvalue weighted by Crippen LogP contribution is 2.51. The van der Waals surface area contributed by atoms with Crippen LogP contribution in [0.4, 0.5) is 4.79 Å². The number of esters is 1. The Morgan fingerprint density at radius 2 is 1.84 bits per heavy atom. The lowest BCUT2D eigenvalue weighted by Gasteiger charge is -2.41. The monoisotopic (exact) mass is 345 g/mol. The van der Waals surface area contributed by atoms with E-state index < -0.39 is 23.2 Å². The summed E-state index contributed by atoms with van der Waals surface area (Å²) in [5.74, 6) is -0.780. The standard InChI is InChI=1S/C17H19N3O5/c1-11-13(14(21)24-3)17(10-18,12-8-6-5-7-9-12)16(2,23)20(11)19-15(22)25-4/h5-9,23H,1-4H3,(H,19,22). The Bertz CT molecular complexity index is 766. The van der Waals surface area contributed by atoms with E-state index in [0.29, 0.717) is 5.56 Å². The maximum absolute atomic E-state index is 12.4. The lowest BCUT2D eigenvalue weighted by atomic mass is 9.70. The van der Waals surface area contributed by atoms with E-state index in [9.17, 15) is 20.0 Å². The Hall–Kier alpha value is -3.05. The van der Waals surface area contributed by atoms with Crippen LogP contribution in [0.5, 0.6) is 0 Å². The van der Waals surface area contributed by atoms with Crippen LogP contribution in [-0.2, 0) is 19.7 Å². The molecule has 25 heavy (non-hydrogen) atoms. The summed E-state index contributed by atoms with van der Waals surface area (Å²) in [4.78, 5) is 24.1. The molecular weight excluding hydrogens is 326 g/mol. The van der Waals surface area contributed by atoms with Crippen LogP contribution in [0.3, 0.4) is 0 Å². The molecule has 2 N–H and O–H groups in total. The molecule has 0 saturated heterocycles. The Morgan fingerprint density at radius 3 is 2.32 bits per heavy atom. The molecule has 0 fully saturated rings. The number of allylic oxidation sites excluding steroid dienone is 1. The van der Waals surface area contributed by atoms with Crippen molar-refractivity contribution in [3.63, 3.8) is 0 Å². The minimum Gasteiger partial charge on any atom is -0.466 e. The van der Waals surface area contributed by atoms with Crippen molar-refractivity contribution in [2.45, 2.75) is 25.0 Å². The Kier molecular flexibility index (Phi) is 4.72. The zero-order chi connectivity index (χ0) is 18.8. The summed E-state index contributed by atoms with van der Waals surface area (Å²) in [6, 6.07) is 10.4. The zero-order valence-corrected chi connectivity index (χ0v) is 14.4. The fraction of sp³-hybridized carbons (Fsp3) is 0.353. The lowest BCUT2D eigenvalue weighted by molar-refractivity contribution is -0.139. The average molecular weight is 345 g/mol. The molecule has 1 aromatic carbocycles. The molecule has 0 aliphatic carbocycles. The molecule has 8 heteroatoms. The molecule has 1 heterocycles. The number of nitrogens with one attached hydrogen (secondary N) is 1. The number of rotatable bonds is 3. The summed E-state index contributed by atoms with van der Waals surface area (Å²) in [6.07, 6.45) is -0.856. The number of aliphatic hydroxyl groups is 1. The van der Waals surface area contributed by atoms with Gasteiger partial charge < -0.3 is 14.6 Å². The van der Waals surface area contributed by atoms with E-state index in [1.165, 1.54) is 21.0 Å². The predicted molar refractivity (Wildman–Crippen MR) is 86.5 cm³/mol. The second kappa shape index (κ2) is 6.45. The summed E-state index contributed by atoms with van der Waals surface area (Å²) >= 11 is 0. The maximum Gasteiger partial charge on any atom is 0.425 e. The highest BCUT2D eigenvalue weighted by atomic mass is 16.5. The predicted octanol–water partition coefficient (Wildman–Crippen LogP) is 1.19. The molecule has 0 radical (unpaired) electrons. The molecule has 1 aromatic rings. The first-order chi connectivity index (χ1) is 11.8. The highest BCUT2D eigenvalue weighted by molar-refractivity contribution is 5.95. The molecule has 2 rings (SSSR count). The summed E-state index contributed by atoms with van der Waals surface area (Å²) < 4.78 is 9.39. The van der Waals surface area contributed by atoms with Gasteiger partial charge in [-0.15, -0.1) is 0 Å². The van der Waals surface area contributed by atoms with Crippen molar-refractivity contribution < 1.29 is 24.2 Å². The smallest absolute Gasteiger partial charge is 0.425 e. The molecule has 1 amide bonds. The third kappa shape index (κ3) is 2.49. The van der Waals surface area contributed by atoms with Gasteiger partial charge in [0.1, 0.15) is 0 Å². The minimum atomic E-state index is -1.98. The fourth-order valence-corrected chi connectivity index (χ4v) is 3.18. The lowest BCUT2D eigenvalue weighted by Crippen LogP contribution is -2.60. The van der Waals surface area contributed by atoms with Gasteiger partial charge in [-0.05, 0) is 19.4 Å². The Morgan fingerprint density at radius 1 is 1.24 bits per heavy atom. The van der Waals surface area contributed by atoms with Gasteiger partial charge in [0.15, 0.2) is 11.1 Å². The van der Waals surface area contributed by atoms with Crippen LogP contribution in [0.25, 0.3) is 0 Å². The summed E-state index contributed by atoms with van der Waals surface area (Å²) in [5.41, 5.74) is -0.930. The maximum atomic E-state index is 12.4. The van der Waals surface area contributed by atoms with E-state index in [4.69, 9.17) is 4.74 Å². The number of carbonyl (C=O) groups excluding carboxylic acids is 2. The number of methoxy groups -OCH3 is 2. The quantitative estimate of drug-likeness (QED) is 0.791. The molecule has 0 bridgehead atoms. The van der Waals surface area contributed by atoms with Crippen molar-refractivity contribution in [3.05, 3.63) is 47.2 Å². The van der Waals surface area contributed by atoms with Crippen LogP contribution >= 0.6 is 0 Å². The van der Waals surface area contributed by atoms with E-state index in [1.54, 1.807) is 30.3 Å². The molecule has 0 saturated carbocycles. The third-order valence-electron chi connectivity index (χ3n) is 4.37. The van der Waals surface area contributed by atoms with Crippen molar-refractivity contribution in [3.8, 4) is 6.07 Å². The van der Waals surface area contributed by atoms with Gasteiger partial charge in [-0.3, -0.25) is 5.01 Å². The molecule has 0 aromatic heterocycles. The van der Waals surface area contributed by atoms with Crippen molar-refractivity contribution >= 4 is 12.1 Å². The van der Waals surface area contributed by atoms with Gasteiger partial charge in [0.05, 0.1) is 25.9 Å². The van der Waals surface area contributed by atoms with Crippen molar-refractivity contribution in [1.29, 1.82) is 5.26 Å². The number of hydrogen-bond donors (Lipinski definition) is 2. The topological polar surface area (TPSA) is 112 Å². The van der Waals surface area contributed by atoms with E-state index in [0.717, 1.165) is 12.1 Å². The second-order valence-corrected chi connectivity index (χ2v) is 5.64. The van der Waals surface area contributed by atoms with Gasteiger partial charge in [-0.1, -0.05) is 30.3 Å². The largest absolute Gasteiger partial charge is 0.466 e. The summed E-state index contributed by atoms with van der Waals surface area (Å²) in [7, 11) is 2.34. The third-order valence-corrected chi connectivity index (χ3v) is 4.37. The van der Waals surface area contributed by atoms with Gasteiger partial charge >= 0.3 is 12.1 Å². The molecule has 2 atom stereocenters. The van der Waals surface area contributed by atoms with Gasteiger partial charge in [-0.25, -0.2) is 15.0 Å². The van der Waals surface area contributed by atoms with Crippen LogP contribution in [0, 0.1) is 11.3 Å². The van der Waals surface area contributed by atoms with Crippen molar-refractivity contribution in [2.75, 3.05) is 14.2 Å². The molecule has 1 aliphatic heterocycles. The molecular formula is C17H19N3O5. The number of carbonyl (C=O) groups is 2. The van der Waals surface area contributed by atoms with E-state index in [-0.39, 0.29) is 11.3 Å². The fourth-order valence-electron chi connectivity index (χ4n) is 3.18. The average Bonchev–Trinajstić information content (AvgIpc) is 2.79. The molecule has 132 valence electrons. The molecule has 8 nitrogen and oxygen atoms in total.